The Bertz CT molecular complexity index is 955. The number of rotatable bonds is 6. The molecule has 0 saturated carbocycles. The van der Waals surface area contributed by atoms with Gasteiger partial charge in [0, 0.05) is 18.1 Å². The molecule has 0 atom stereocenters. The number of benzene rings is 2. The molecule has 2 aromatic carbocycles. The summed E-state index contributed by atoms with van der Waals surface area (Å²) in [4.78, 5) is 30.2. The van der Waals surface area contributed by atoms with E-state index in [0.29, 0.717) is 5.56 Å². The van der Waals surface area contributed by atoms with Crippen LogP contribution in [0.4, 0.5) is 5.69 Å². The maximum absolute atomic E-state index is 13.2. The average molecular weight is 360 g/mol. The SMILES string of the molecule is CCc1ccccc1N(Cc1cccc(C(=O)O)c1)C(=O)c1cccnc1. The number of aryl methyl sites for hydroxylation is 1. The predicted molar refractivity (Wildman–Crippen MR) is 104 cm³/mol. The second kappa shape index (κ2) is 8.27. The lowest BCUT2D eigenvalue weighted by Crippen LogP contribution is -2.31. The van der Waals surface area contributed by atoms with Crippen LogP contribution in [0.5, 0.6) is 0 Å². The van der Waals surface area contributed by atoms with Crippen molar-refractivity contribution in [1.82, 2.24) is 4.98 Å². The number of carbonyl (C=O) groups is 2. The van der Waals surface area contributed by atoms with Crippen LogP contribution in [0.1, 0.15) is 38.8 Å². The second-order valence-electron chi connectivity index (χ2n) is 6.12. The molecule has 5 nitrogen and oxygen atoms in total. The van der Waals surface area contributed by atoms with Crippen LogP contribution in [0.2, 0.25) is 0 Å². The Kier molecular flexibility index (Phi) is 5.61. The number of hydrogen-bond donors (Lipinski definition) is 1. The van der Waals surface area contributed by atoms with Crippen LogP contribution < -0.4 is 4.90 Å². The Morgan fingerprint density at radius 3 is 2.48 bits per heavy atom. The molecule has 1 heterocycles. The summed E-state index contributed by atoms with van der Waals surface area (Å²) in [5.74, 6) is -1.17. The number of pyridine rings is 1. The maximum atomic E-state index is 13.2. The first-order chi connectivity index (χ1) is 13.1. The monoisotopic (exact) mass is 360 g/mol. The quantitative estimate of drug-likeness (QED) is 0.715. The van der Waals surface area contributed by atoms with Gasteiger partial charge in [0.1, 0.15) is 0 Å². The third-order valence-electron chi connectivity index (χ3n) is 4.33. The van der Waals surface area contributed by atoms with Crippen molar-refractivity contribution >= 4 is 17.6 Å². The third-order valence-corrected chi connectivity index (χ3v) is 4.33. The van der Waals surface area contributed by atoms with Crippen molar-refractivity contribution in [2.45, 2.75) is 19.9 Å². The number of aromatic carboxylic acids is 1. The van der Waals surface area contributed by atoms with Gasteiger partial charge < -0.3 is 10.0 Å². The summed E-state index contributed by atoms with van der Waals surface area (Å²) in [7, 11) is 0. The lowest BCUT2D eigenvalue weighted by atomic mass is 10.1. The van der Waals surface area contributed by atoms with Crippen LogP contribution in [0, 0.1) is 0 Å². The first-order valence-corrected chi connectivity index (χ1v) is 8.72. The molecular formula is C22H20N2O3. The minimum Gasteiger partial charge on any atom is -0.478 e. The minimum absolute atomic E-state index is 0.176. The van der Waals surface area contributed by atoms with E-state index in [1.807, 2.05) is 37.3 Å². The van der Waals surface area contributed by atoms with E-state index in [2.05, 4.69) is 4.98 Å². The number of amides is 1. The molecule has 0 radical (unpaired) electrons. The molecule has 0 aliphatic rings. The highest BCUT2D eigenvalue weighted by atomic mass is 16.4. The van der Waals surface area contributed by atoms with Crippen molar-refractivity contribution in [2.24, 2.45) is 0 Å². The zero-order chi connectivity index (χ0) is 19.2. The number of aromatic nitrogens is 1. The van der Waals surface area contributed by atoms with E-state index in [9.17, 15) is 14.7 Å². The highest BCUT2D eigenvalue weighted by Gasteiger charge is 2.20. The molecular weight excluding hydrogens is 340 g/mol. The Balaban J connectivity index is 2.03. The first-order valence-electron chi connectivity index (χ1n) is 8.72. The van der Waals surface area contributed by atoms with Gasteiger partial charge in [-0.15, -0.1) is 0 Å². The summed E-state index contributed by atoms with van der Waals surface area (Å²) in [5.41, 5.74) is 3.29. The molecule has 0 aliphatic heterocycles. The average Bonchev–Trinajstić information content (AvgIpc) is 2.72. The molecule has 0 spiro atoms. The predicted octanol–water partition coefficient (Wildman–Crippen LogP) is 4.19. The number of carbonyl (C=O) groups excluding carboxylic acids is 1. The van der Waals surface area contributed by atoms with Gasteiger partial charge in [0.05, 0.1) is 17.7 Å². The van der Waals surface area contributed by atoms with Crippen LogP contribution in [-0.2, 0) is 13.0 Å². The van der Waals surface area contributed by atoms with E-state index in [0.717, 1.165) is 23.2 Å². The van der Waals surface area contributed by atoms with E-state index < -0.39 is 5.97 Å². The summed E-state index contributed by atoms with van der Waals surface area (Å²) in [6, 6.07) is 17.8. The van der Waals surface area contributed by atoms with Crippen molar-refractivity contribution < 1.29 is 14.7 Å². The van der Waals surface area contributed by atoms with Gasteiger partial charge in [-0.25, -0.2) is 4.79 Å². The number of carboxylic acid groups (broad SMARTS) is 1. The summed E-state index contributed by atoms with van der Waals surface area (Å²) in [6.45, 7) is 2.31. The Labute approximate surface area is 157 Å². The van der Waals surface area contributed by atoms with Crippen LogP contribution in [0.25, 0.3) is 0 Å². The molecule has 0 fully saturated rings. The van der Waals surface area contributed by atoms with E-state index in [1.165, 1.54) is 6.20 Å². The molecule has 1 N–H and O–H groups in total. The molecule has 5 heteroatoms. The summed E-state index contributed by atoms with van der Waals surface area (Å²) >= 11 is 0. The highest BCUT2D eigenvalue weighted by molar-refractivity contribution is 6.06. The van der Waals surface area contributed by atoms with Crippen molar-refractivity contribution in [3.63, 3.8) is 0 Å². The van der Waals surface area contributed by atoms with Gasteiger partial charge >= 0.3 is 5.97 Å². The lowest BCUT2D eigenvalue weighted by molar-refractivity contribution is 0.0696. The van der Waals surface area contributed by atoms with Crippen LogP contribution in [0.3, 0.4) is 0 Å². The Morgan fingerprint density at radius 2 is 1.78 bits per heavy atom. The van der Waals surface area contributed by atoms with Gasteiger partial charge in [-0.2, -0.15) is 0 Å². The number of nitrogens with zero attached hydrogens (tertiary/aromatic N) is 2. The molecule has 1 aromatic heterocycles. The highest BCUT2D eigenvalue weighted by Crippen LogP contribution is 2.25. The molecule has 0 saturated heterocycles. The van der Waals surface area contributed by atoms with E-state index >= 15 is 0 Å². The zero-order valence-corrected chi connectivity index (χ0v) is 15.0. The normalized spacial score (nSPS) is 10.4. The van der Waals surface area contributed by atoms with Gasteiger partial charge in [-0.1, -0.05) is 37.3 Å². The third kappa shape index (κ3) is 4.20. The number of anilines is 1. The zero-order valence-electron chi connectivity index (χ0n) is 15.0. The summed E-state index contributed by atoms with van der Waals surface area (Å²) in [5, 5.41) is 9.24. The fourth-order valence-electron chi connectivity index (χ4n) is 2.97. The van der Waals surface area contributed by atoms with Gasteiger partial charge in [0.25, 0.3) is 5.91 Å². The maximum Gasteiger partial charge on any atom is 0.335 e. The molecule has 3 rings (SSSR count). The smallest absolute Gasteiger partial charge is 0.335 e. The topological polar surface area (TPSA) is 70.5 Å². The van der Waals surface area contributed by atoms with Crippen LogP contribution >= 0.6 is 0 Å². The van der Waals surface area contributed by atoms with Gasteiger partial charge in [0.2, 0.25) is 0 Å². The minimum atomic E-state index is -0.990. The standard InChI is InChI=1S/C22H20N2O3/c1-2-17-8-3-4-11-20(17)24(21(25)19-10-6-12-23-14-19)15-16-7-5-9-18(13-16)22(26)27/h3-14H,2,15H2,1H3,(H,26,27). The Hall–Kier alpha value is -3.47. The first kappa shape index (κ1) is 18.3. The second-order valence-corrected chi connectivity index (χ2v) is 6.12. The van der Waals surface area contributed by atoms with E-state index in [1.54, 1.807) is 41.4 Å². The van der Waals surface area contributed by atoms with E-state index in [4.69, 9.17) is 0 Å². The van der Waals surface area contributed by atoms with Crippen molar-refractivity contribution in [3.05, 3.63) is 95.3 Å². The number of hydrogen-bond acceptors (Lipinski definition) is 3. The van der Waals surface area contributed by atoms with Crippen molar-refractivity contribution in [2.75, 3.05) is 4.90 Å². The summed E-state index contributed by atoms with van der Waals surface area (Å²) in [6.07, 6.45) is 3.94. The largest absolute Gasteiger partial charge is 0.478 e. The van der Waals surface area contributed by atoms with Crippen molar-refractivity contribution in [1.29, 1.82) is 0 Å². The fourth-order valence-corrected chi connectivity index (χ4v) is 2.97. The molecule has 1 amide bonds. The molecule has 27 heavy (non-hydrogen) atoms. The fraction of sp³-hybridized carbons (Fsp3) is 0.136. The number of carboxylic acids is 1. The molecule has 3 aromatic rings. The van der Waals surface area contributed by atoms with Gasteiger partial charge in [0.15, 0.2) is 0 Å². The van der Waals surface area contributed by atoms with Crippen LogP contribution in [-0.4, -0.2) is 22.0 Å². The lowest BCUT2D eigenvalue weighted by Gasteiger charge is -2.25. The van der Waals surface area contributed by atoms with Crippen LogP contribution in [0.15, 0.2) is 73.1 Å². The molecule has 0 bridgehead atoms. The van der Waals surface area contributed by atoms with Gasteiger partial charge in [-0.3, -0.25) is 9.78 Å². The summed E-state index contributed by atoms with van der Waals surface area (Å²) < 4.78 is 0. The molecule has 136 valence electrons. The van der Waals surface area contributed by atoms with Gasteiger partial charge in [-0.05, 0) is 47.9 Å². The van der Waals surface area contributed by atoms with E-state index in [-0.39, 0.29) is 18.0 Å². The molecule has 0 unspecified atom stereocenters. The van der Waals surface area contributed by atoms with Crippen molar-refractivity contribution in [3.8, 4) is 0 Å². The molecule has 0 aliphatic carbocycles. The number of para-hydroxylation sites is 1. The Morgan fingerprint density at radius 1 is 1.00 bits per heavy atom.